The van der Waals surface area contributed by atoms with E-state index in [4.69, 9.17) is 5.73 Å². The normalized spacial score (nSPS) is 11.6. The van der Waals surface area contributed by atoms with Crippen LogP contribution in [0.4, 0.5) is 9.52 Å². The quantitative estimate of drug-likeness (QED) is 0.866. The van der Waals surface area contributed by atoms with E-state index in [9.17, 15) is 4.39 Å². The van der Waals surface area contributed by atoms with Crippen LogP contribution in [0.15, 0.2) is 6.07 Å². The molecule has 2 aromatic rings. The van der Waals surface area contributed by atoms with Gasteiger partial charge in [0.15, 0.2) is 10.9 Å². The highest BCUT2D eigenvalue weighted by Gasteiger charge is 2.17. The van der Waals surface area contributed by atoms with Gasteiger partial charge in [0.1, 0.15) is 5.52 Å². The molecule has 1 aromatic carbocycles. The van der Waals surface area contributed by atoms with E-state index in [-0.39, 0.29) is 5.82 Å². The Labute approximate surface area is 98.3 Å². The van der Waals surface area contributed by atoms with Gasteiger partial charge in [0, 0.05) is 0 Å². The second-order valence-electron chi connectivity index (χ2n) is 4.17. The molecule has 16 heavy (non-hydrogen) atoms. The van der Waals surface area contributed by atoms with Gasteiger partial charge in [-0.15, -0.1) is 0 Å². The molecular formula is C12H15FN2S. The Balaban J connectivity index is 2.86. The first-order valence-electron chi connectivity index (χ1n) is 5.41. The number of nitrogens with two attached hydrogens (primary N) is 1. The fourth-order valence-electron chi connectivity index (χ4n) is 2.05. The van der Waals surface area contributed by atoms with Crippen molar-refractivity contribution in [2.24, 2.45) is 0 Å². The molecule has 0 aliphatic carbocycles. The molecule has 2 rings (SSSR count). The van der Waals surface area contributed by atoms with Crippen molar-refractivity contribution in [3.8, 4) is 0 Å². The van der Waals surface area contributed by atoms with Crippen LogP contribution in [0.5, 0.6) is 0 Å². The first-order valence-corrected chi connectivity index (χ1v) is 6.23. The Kier molecular flexibility index (Phi) is 2.84. The number of aromatic nitrogens is 1. The highest BCUT2D eigenvalue weighted by molar-refractivity contribution is 7.22. The van der Waals surface area contributed by atoms with Crippen molar-refractivity contribution in [3.05, 3.63) is 23.0 Å². The zero-order chi connectivity index (χ0) is 11.9. The van der Waals surface area contributed by atoms with Crippen molar-refractivity contribution in [1.29, 1.82) is 0 Å². The Morgan fingerprint density at radius 1 is 1.50 bits per heavy atom. The number of nitrogen functional groups attached to an aromatic ring is 1. The van der Waals surface area contributed by atoms with Gasteiger partial charge in [-0.05, 0) is 29.5 Å². The third-order valence-electron chi connectivity index (χ3n) is 2.72. The van der Waals surface area contributed by atoms with Gasteiger partial charge in [-0.25, -0.2) is 9.37 Å². The predicted molar refractivity (Wildman–Crippen MR) is 67.5 cm³/mol. The summed E-state index contributed by atoms with van der Waals surface area (Å²) in [6.45, 7) is 6.26. The largest absolute Gasteiger partial charge is 0.375 e. The van der Waals surface area contributed by atoms with Crippen molar-refractivity contribution in [2.45, 2.75) is 33.1 Å². The molecule has 0 saturated carbocycles. The number of rotatable bonds is 2. The van der Waals surface area contributed by atoms with Gasteiger partial charge in [0.05, 0.1) is 4.70 Å². The molecule has 86 valence electrons. The van der Waals surface area contributed by atoms with Crippen LogP contribution in [0.1, 0.15) is 37.8 Å². The van der Waals surface area contributed by atoms with Gasteiger partial charge in [-0.1, -0.05) is 32.1 Å². The first-order chi connectivity index (χ1) is 7.54. The van der Waals surface area contributed by atoms with E-state index in [1.165, 1.54) is 16.9 Å². The molecule has 0 unspecified atom stereocenters. The highest BCUT2D eigenvalue weighted by atomic mass is 32.1. The molecule has 0 amide bonds. The Bertz CT molecular complexity index is 531. The SMILES string of the molecule is CCc1cc(F)c2nc(N)sc2c1C(C)C. The topological polar surface area (TPSA) is 38.9 Å². The summed E-state index contributed by atoms with van der Waals surface area (Å²) in [5, 5.41) is 0.434. The average Bonchev–Trinajstić information content (AvgIpc) is 2.58. The number of benzene rings is 1. The van der Waals surface area contributed by atoms with Gasteiger partial charge in [0.25, 0.3) is 0 Å². The third-order valence-corrected chi connectivity index (χ3v) is 3.64. The summed E-state index contributed by atoms with van der Waals surface area (Å²) in [7, 11) is 0. The van der Waals surface area contributed by atoms with E-state index in [2.05, 4.69) is 18.8 Å². The monoisotopic (exact) mass is 238 g/mol. The molecule has 0 spiro atoms. The molecule has 1 aromatic heterocycles. The number of hydrogen-bond donors (Lipinski definition) is 1. The van der Waals surface area contributed by atoms with Crippen LogP contribution in [0, 0.1) is 5.82 Å². The lowest BCUT2D eigenvalue weighted by atomic mass is 9.95. The van der Waals surface area contributed by atoms with Crippen LogP contribution >= 0.6 is 11.3 Å². The van der Waals surface area contributed by atoms with E-state index >= 15 is 0 Å². The third kappa shape index (κ3) is 1.67. The smallest absolute Gasteiger partial charge is 0.181 e. The predicted octanol–water partition coefficient (Wildman–Crippen LogP) is 3.70. The maximum atomic E-state index is 13.8. The lowest BCUT2D eigenvalue weighted by Gasteiger charge is -2.12. The number of nitrogens with zero attached hydrogens (tertiary/aromatic N) is 1. The van der Waals surface area contributed by atoms with Crippen molar-refractivity contribution in [1.82, 2.24) is 4.98 Å². The summed E-state index contributed by atoms with van der Waals surface area (Å²) in [6.07, 6.45) is 0.832. The number of halogens is 1. The Hall–Kier alpha value is -1.16. The zero-order valence-electron chi connectivity index (χ0n) is 9.67. The van der Waals surface area contributed by atoms with Crippen LogP contribution in [0.2, 0.25) is 0 Å². The Morgan fingerprint density at radius 2 is 2.19 bits per heavy atom. The molecule has 0 aliphatic rings. The molecule has 0 aliphatic heterocycles. The van der Waals surface area contributed by atoms with Crippen molar-refractivity contribution >= 4 is 26.7 Å². The van der Waals surface area contributed by atoms with Crippen LogP contribution < -0.4 is 5.73 Å². The molecular weight excluding hydrogens is 223 g/mol. The molecule has 4 heteroatoms. The lowest BCUT2D eigenvalue weighted by Crippen LogP contribution is -1.97. The van der Waals surface area contributed by atoms with Crippen molar-refractivity contribution in [2.75, 3.05) is 5.73 Å². The molecule has 0 saturated heterocycles. The lowest BCUT2D eigenvalue weighted by molar-refractivity contribution is 0.634. The summed E-state index contributed by atoms with van der Waals surface area (Å²) >= 11 is 1.38. The number of fused-ring (bicyclic) bond motifs is 1. The highest BCUT2D eigenvalue weighted by Crippen LogP contribution is 2.35. The van der Waals surface area contributed by atoms with Gasteiger partial charge in [-0.2, -0.15) is 0 Å². The van der Waals surface area contributed by atoms with Crippen LogP contribution in [-0.4, -0.2) is 4.98 Å². The number of anilines is 1. The van der Waals surface area contributed by atoms with Crippen molar-refractivity contribution < 1.29 is 4.39 Å². The maximum absolute atomic E-state index is 13.8. The van der Waals surface area contributed by atoms with E-state index in [1.54, 1.807) is 6.07 Å². The molecule has 2 N–H and O–H groups in total. The van der Waals surface area contributed by atoms with E-state index in [1.807, 2.05) is 6.92 Å². The van der Waals surface area contributed by atoms with Gasteiger partial charge < -0.3 is 5.73 Å². The number of hydrogen-bond acceptors (Lipinski definition) is 3. The Morgan fingerprint density at radius 3 is 2.75 bits per heavy atom. The van der Waals surface area contributed by atoms with Gasteiger partial charge in [0.2, 0.25) is 0 Å². The minimum atomic E-state index is -0.260. The van der Waals surface area contributed by atoms with Crippen molar-refractivity contribution in [3.63, 3.8) is 0 Å². The van der Waals surface area contributed by atoms with E-state index in [0.717, 1.165) is 16.7 Å². The molecule has 2 nitrogen and oxygen atoms in total. The summed E-state index contributed by atoms with van der Waals surface area (Å²) in [6, 6.07) is 1.59. The summed E-state index contributed by atoms with van der Waals surface area (Å²) in [5.41, 5.74) is 8.33. The summed E-state index contributed by atoms with van der Waals surface area (Å²) in [4.78, 5) is 4.05. The minimum Gasteiger partial charge on any atom is -0.375 e. The van der Waals surface area contributed by atoms with Crippen LogP contribution in [0.3, 0.4) is 0 Å². The second kappa shape index (κ2) is 4.01. The number of aryl methyl sites for hydroxylation is 1. The van der Waals surface area contributed by atoms with Gasteiger partial charge >= 0.3 is 0 Å². The molecule has 0 atom stereocenters. The average molecular weight is 238 g/mol. The zero-order valence-corrected chi connectivity index (χ0v) is 10.5. The molecule has 0 bridgehead atoms. The minimum absolute atomic E-state index is 0.260. The second-order valence-corrected chi connectivity index (χ2v) is 5.20. The van der Waals surface area contributed by atoms with Crippen LogP contribution in [-0.2, 0) is 6.42 Å². The van der Waals surface area contributed by atoms with Crippen LogP contribution in [0.25, 0.3) is 10.2 Å². The molecule has 0 fully saturated rings. The fraction of sp³-hybridized carbons (Fsp3) is 0.417. The summed E-state index contributed by atoms with van der Waals surface area (Å²) < 4.78 is 14.7. The van der Waals surface area contributed by atoms with E-state index < -0.39 is 0 Å². The maximum Gasteiger partial charge on any atom is 0.181 e. The fourth-order valence-corrected chi connectivity index (χ4v) is 3.11. The van der Waals surface area contributed by atoms with Gasteiger partial charge in [-0.3, -0.25) is 0 Å². The first kappa shape index (κ1) is 11.3. The molecule has 1 heterocycles. The number of thiazole rings is 1. The van der Waals surface area contributed by atoms with E-state index in [0.29, 0.717) is 16.6 Å². The standard InChI is InChI=1S/C12H15FN2S/c1-4-7-5-8(13)10-11(9(7)6(2)3)16-12(14)15-10/h5-6H,4H2,1-3H3,(H2,14,15). The molecule has 0 radical (unpaired) electrons. The summed E-state index contributed by atoms with van der Waals surface area (Å²) in [5.74, 6) is 0.0992.